The Morgan fingerprint density at radius 3 is 2.28 bits per heavy atom. The summed E-state index contributed by atoms with van der Waals surface area (Å²) in [5, 5.41) is 3.25. The number of alkyl halides is 3. The molecule has 1 aliphatic heterocycles. The second-order valence-corrected chi connectivity index (χ2v) is 6.40. The number of nitrogens with zero attached hydrogens (tertiary/aromatic N) is 4. The second kappa shape index (κ2) is 8.50. The molecule has 1 aromatic heterocycles. The molecule has 11 heteroatoms. The fourth-order valence-corrected chi connectivity index (χ4v) is 2.88. The maximum absolute atomic E-state index is 13.0. The van der Waals surface area contributed by atoms with Gasteiger partial charge in [-0.25, -0.2) is 4.39 Å². The number of rotatable bonds is 5. The molecule has 0 aliphatic carbocycles. The first-order chi connectivity index (χ1) is 13.7. The molecule has 29 heavy (non-hydrogen) atoms. The predicted octanol–water partition coefficient (Wildman–Crippen LogP) is 1.93. The Kier molecular flexibility index (Phi) is 6.04. The largest absolute Gasteiger partial charge is 0.454 e. The third-order valence-electron chi connectivity index (χ3n) is 4.40. The van der Waals surface area contributed by atoms with E-state index >= 15 is 0 Å². The molecule has 3 rings (SSSR count). The highest BCUT2D eigenvalue weighted by Crippen LogP contribution is 2.27. The molecule has 1 amide bonds. The van der Waals surface area contributed by atoms with Crippen molar-refractivity contribution in [2.45, 2.75) is 12.7 Å². The number of ether oxygens (including phenoxy) is 1. The quantitative estimate of drug-likeness (QED) is 0.553. The van der Waals surface area contributed by atoms with E-state index in [1.807, 2.05) is 4.90 Å². The Labute approximate surface area is 163 Å². The molecule has 0 N–H and O–H groups in total. The third-order valence-corrected chi connectivity index (χ3v) is 4.40. The van der Waals surface area contributed by atoms with Crippen molar-refractivity contribution in [3.63, 3.8) is 0 Å². The molecule has 156 valence electrons. The van der Waals surface area contributed by atoms with Gasteiger partial charge in [0.25, 0.3) is 5.91 Å². The van der Waals surface area contributed by atoms with Gasteiger partial charge in [0.2, 0.25) is 0 Å². The molecule has 0 unspecified atom stereocenters. The molecule has 2 heterocycles. The van der Waals surface area contributed by atoms with Crippen molar-refractivity contribution >= 4 is 17.6 Å². The summed E-state index contributed by atoms with van der Waals surface area (Å²) >= 11 is 0. The van der Waals surface area contributed by atoms with Crippen molar-refractivity contribution < 1.29 is 31.9 Å². The van der Waals surface area contributed by atoms with Crippen LogP contribution < -0.4 is 4.90 Å². The lowest BCUT2D eigenvalue weighted by molar-refractivity contribution is -0.153. The van der Waals surface area contributed by atoms with Crippen molar-refractivity contribution in [3.05, 3.63) is 48.0 Å². The Morgan fingerprint density at radius 1 is 1.03 bits per heavy atom. The first-order valence-electron chi connectivity index (χ1n) is 8.77. The highest BCUT2D eigenvalue weighted by molar-refractivity contribution is 5.80. The van der Waals surface area contributed by atoms with Crippen molar-refractivity contribution in [1.82, 2.24) is 14.7 Å². The van der Waals surface area contributed by atoms with E-state index in [-0.39, 0.29) is 5.82 Å². The van der Waals surface area contributed by atoms with E-state index in [1.54, 1.807) is 12.1 Å². The van der Waals surface area contributed by atoms with Crippen LogP contribution in [0.25, 0.3) is 0 Å². The van der Waals surface area contributed by atoms with Crippen molar-refractivity contribution in [2.75, 3.05) is 37.7 Å². The van der Waals surface area contributed by atoms with E-state index in [1.165, 1.54) is 17.0 Å². The summed E-state index contributed by atoms with van der Waals surface area (Å²) in [6, 6.07) is 6.80. The molecule has 1 aromatic carbocycles. The molecular formula is C18H18F4N4O3. The highest BCUT2D eigenvalue weighted by atomic mass is 19.4. The van der Waals surface area contributed by atoms with Gasteiger partial charge in [-0.2, -0.15) is 18.3 Å². The maximum Gasteiger partial charge on any atom is 0.435 e. The van der Waals surface area contributed by atoms with Gasteiger partial charge in [-0.05, 0) is 30.3 Å². The minimum atomic E-state index is -4.60. The molecule has 7 nitrogen and oxygen atoms in total. The van der Waals surface area contributed by atoms with E-state index in [4.69, 9.17) is 4.74 Å². The summed E-state index contributed by atoms with van der Waals surface area (Å²) in [6.45, 7) is 0.867. The SMILES string of the molecule is O=C(Cn1ccc(C(F)(F)F)n1)OCC(=O)N1CCN(c2ccc(F)cc2)CC1. The number of carbonyl (C=O) groups is 2. The average molecular weight is 414 g/mol. The van der Waals surface area contributed by atoms with Gasteiger partial charge in [-0.3, -0.25) is 14.3 Å². The van der Waals surface area contributed by atoms with E-state index in [0.717, 1.165) is 22.6 Å². The van der Waals surface area contributed by atoms with Gasteiger partial charge in [-0.1, -0.05) is 0 Å². The molecule has 2 aromatic rings. The normalized spacial score (nSPS) is 14.8. The molecule has 0 radical (unpaired) electrons. The number of hydrogen-bond acceptors (Lipinski definition) is 5. The standard InChI is InChI=1S/C18H18F4N4O3/c19-13-1-3-14(4-2-13)24-7-9-25(10-8-24)16(27)12-29-17(28)11-26-6-5-15(23-26)18(20,21)22/h1-6H,7-12H2. The zero-order valence-corrected chi connectivity index (χ0v) is 15.2. The first-order valence-corrected chi connectivity index (χ1v) is 8.77. The van der Waals surface area contributed by atoms with E-state index in [2.05, 4.69) is 5.10 Å². The van der Waals surface area contributed by atoms with E-state index in [0.29, 0.717) is 26.2 Å². The van der Waals surface area contributed by atoms with Crippen LogP contribution in [0.5, 0.6) is 0 Å². The summed E-state index contributed by atoms with van der Waals surface area (Å²) in [4.78, 5) is 27.5. The van der Waals surface area contributed by atoms with Crippen LogP contribution in [0, 0.1) is 5.82 Å². The van der Waals surface area contributed by atoms with Crippen LogP contribution >= 0.6 is 0 Å². The molecular weight excluding hydrogens is 396 g/mol. The topological polar surface area (TPSA) is 67.7 Å². The summed E-state index contributed by atoms with van der Waals surface area (Å²) < 4.78 is 56.1. The summed E-state index contributed by atoms with van der Waals surface area (Å²) in [5.41, 5.74) is -0.261. The lowest BCUT2D eigenvalue weighted by Crippen LogP contribution is -2.50. The van der Waals surface area contributed by atoms with Gasteiger partial charge >= 0.3 is 12.1 Å². The van der Waals surface area contributed by atoms with Crippen LogP contribution in [-0.2, 0) is 27.0 Å². The van der Waals surface area contributed by atoms with Gasteiger partial charge in [0.05, 0.1) is 0 Å². The fraction of sp³-hybridized carbons (Fsp3) is 0.389. The molecule has 1 saturated heterocycles. The fourth-order valence-electron chi connectivity index (χ4n) is 2.88. The van der Waals surface area contributed by atoms with E-state index < -0.39 is 36.9 Å². The summed E-state index contributed by atoms with van der Waals surface area (Å²) in [7, 11) is 0. The van der Waals surface area contributed by atoms with Crippen LogP contribution in [0.2, 0.25) is 0 Å². The Hall–Kier alpha value is -3.11. The van der Waals surface area contributed by atoms with Gasteiger partial charge < -0.3 is 14.5 Å². The van der Waals surface area contributed by atoms with E-state index in [9.17, 15) is 27.2 Å². The number of esters is 1. The van der Waals surface area contributed by atoms with Crippen LogP contribution in [-0.4, -0.2) is 59.3 Å². The number of piperazine rings is 1. The van der Waals surface area contributed by atoms with Crippen LogP contribution in [0.1, 0.15) is 5.69 Å². The number of hydrogen-bond donors (Lipinski definition) is 0. The third kappa shape index (κ3) is 5.46. The lowest BCUT2D eigenvalue weighted by atomic mass is 10.2. The van der Waals surface area contributed by atoms with Gasteiger partial charge in [0.1, 0.15) is 12.4 Å². The van der Waals surface area contributed by atoms with Gasteiger partial charge in [0.15, 0.2) is 12.3 Å². The van der Waals surface area contributed by atoms with Gasteiger partial charge in [-0.15, -0.1) is 0 Å². The Morgan fingerprint density at radius 2 is 1.69 bits per heavy atom. The minimum Gasteiger partial charge on any atom is -0.454 e. The molecule has 0 bridgehead atoms. The predicted molar refractivity (Wildman–Crippen MR) is 93.4 cm³/mol. The second-order valence-electron chi connectivity index (χ2n) is 6.40. The monoisotopic (exact) mass is 414 g/mol. The van der Waals surface area contributed by atoms with Crippen molar-refractivity contribution in [2.24, 2.45) is 0 Å². The number of benzene rings is 1. The van der Waals surface area contributed by atoms with Crippen LogP contribution in [0.15, 0.2) is 36.5 Å². The minimum absolute atomic E-state index is 0.325. The molecule has 1 fully saturated rings. The number of halogens is 4. The van der Waals surface area contributed by atoms with Crippen molar-refractivity contribution in [3.8, 4) is 0 Å². The summed E-state index contributed by atoms with van der Waals surface area (Å²) in [5.74, 6) is -1.58. The zero-order chi connectivity index (χ0) is 21.0. The van der Waals surface area contributed by atoms with Crippen molar-refractivity contribution in [1.29, 1.82) is 0 Å². The number of carbonyl (C=O) groups excluding carboxylic acids is 2. The number of anilines is 1. The van der Waals surface area contributed by atoms with Crippen LogP contribution in [0.4, 0.5) is 23.2 Å². The number of amides is 1. The molecule has 0 spiro atoms. The molecule has 0 saturated carbocycles. The average Bonchev–Trinajstić information content (AvgIpc) is 3.16. The molecule has 1 aliphatic rings. The highest BCUT2D eigenvalue weighted by Gasteiger charge is 2.33. The maximum atomic E-state index is 13.0. The zero-order valence-electron chi connectivity index (χ0n) is 15.2. The molecule has 0 atom stereocenters. The first kappa shape index (κ1) is 20.6. The van der Waals surface area contributed by atoms with Crippen LogP contribution in [0.3, 0.4) is 0 Å². The lowest BCUT2D eigenvalue weighted by Gasteiger charge is -2.36. The number of aromatic nitrogens is 2. The summed E-state index contributed by atoms with van der Waals surface area (Å²) in [6.07, 6.45) is -3.58. The Balaban J connectivity index is 1.42. The Bertz CT molecular complexity index is 859. The van der Waals surface area contributed by atoms with Gasteiger partial charge in [0, 0.05) is 38.1 Å². The smallest absolute Gasteiger partial charge is 0.435 e.